The van der Waals surface area contributed by atoms with Crippen LogP contribution in [0.5, 0.6) is 0 Å². The molecule has 5 N–H and O–H groups in total. The zero-order valence-corrected chi connectivity index (χ0v) is 13.5. The maximum Gasteiger partial charge on any atom is 0.262 e. The third-order valence-electron chi connectivity index (χ3n) is 3.77. The summed E-state index contributed by atoms with van der Waals surface area (Å²) in [5.74, 6) is -1.08. The standard InChI is InChI=1S/C18H21N3O3.CH4/c1-2-12-3-5-13(6-4-12)14-7-9-15(10-8-14)17(22)20-11-16(19)18(23)21-24;/h3-10,16,24H,2,11,19H2,1H3,(H,20,22)(H,21,23);1H4/t16-;/m1./s1. The van der Waals surface area contributed by atoms with Gasteiger partial charge in [0.05, 0.1) is 0 Å². The van der Waals surface area contributed by atoms with Crippen molar-refractivity contribution in [2.75, 3.05) is 6.54 Å². The van der Waals surface area contributed by atoms with Gasteiger partial charge in [-0.05, 0) is 35.2 Å². The minimum absolute atomic E-state index is 0. The highest BCUT2D eigenvalue weighted by Crippen LogP contribution is 2.20. The van der Waals surface area contributed by atoms with E-state index in [9.17, 15) is 9.59 Å². The monoisotopic (exact) mass is 343 g/mol. The van der Waals surface area contributed by atoms with Gasteiger partial charge in [-0.25, -0.2) is 5.48 Å². The molecule has 0 bridgehead atoms. The van der Waals surface area contributed by atoms with Crippen LogP contribution in [0.15, 0.2) is 48.5 Å². The van der Waals surface area contributed by atoms with E-state index >= 15 is 0 Å². The van der Waals surface area contributed by atoms with Crippen molar-refractivity contribution >= 4 is 11.8 Å². The summed E-state index contributed by atoms with van der Waals surface area (Å²) in [4.78, 5) is 23.1. The van der Waals surface area contributed by atoms with Crippen LogP contribution in [-0.2, 0) is 11.2 Å². The van der Waals surface area contributed by atoms with Crippen LogP contribution in [0.2, 0.25) is 0 Å². The second kappa shape index (κ2) is 9.56. The largest absolute Gasteiger partial charge is 0.350 e. The van der Waals surface area contributed by atoms with Crippen molar-refractivity contribution in [3.8, 4) is 11.1 Å². The van der Waals surface area contributed by atoms with Gasteiger partial charge in [0.25, 0.3) is 11.8 Å². The van der Waals surface area contributed by atoms with E-state index in [2.05, 4.69) is 36.5 Å². The van der Waals surface area contributed by atoms with E-state index in [1.54, 1.807) is 12.1 Å². The van der Waals surface area contributed by atoms with Crippen molar-refractivity contribution < 1.29 is 14.8 Å². The third-order valence-corrected chi connectivity index (χ3v) is 3.77. The molecule has 0 aliphatic carbocycles. The molecule has 0 saturated carbocycles. The van der Waals surface area contributed by atoms with E-state index in [0.29, 0.717) is 5.56 Å². The fraction of sp³-hybridized carbons (Fsp3) is 0.263. The smallest absolute Gasteiger partial charge is 0.262 e. The normalized spacial score (nSPS) is 11.2. The number of hydroxylamine groups is 1. The molecule has 0 unspecified atom stereocenters. The lowest BCUT2D eigenvalue weighted by Gasteiger charge is -2.11. The zero-order valence-electron chi connectivity index (χ0n) is 13.5. The molecule has 25 heavy (non-hydrogen) atoms. The van der Waals surface area contributed by atoms with Gasteiger partial charge >= 0.3 is 0 Å². The van der Waals surface area contributed by atoms with Gasteiger partial charge < -0.3 is 11.1 Å². The van der Waals surface area contributed by atoms with Crippen LogP contribution in [0, 0.1) is 0 Å². The fourth-order valence-corrected chi connectivity index (χ4v) is 2.23. The highest BCUT2D eigenvalue weighted by atomic mass is 16.5. The Balaban J connectivity index is 0.00000312. The molecule has 6 nitrogen and oxygen atoms in total. The molecule has 2 rings (SSSR count). The molecule has 0 spiro atoms. The predicted molar refractivity (Wildman–Crippen MR) is 98.2 cm³/mol. The first kappa shape index (κ1) is 20.3. The number of rotatable bonds is 6. The molecule has 0 aliphatic rings. The maximum absolute atomic E-state index is 12.0. The molecule has 134 valence electrons. The number of hydrogen-bond donors (Lipinski definition) is 4. The first-order valence-corrected chi connectivity index (χ1v) is 7.72. The quantitative estimate of drug-likeness (QED) is 0.476. The lowest BCUT2D eigenvalue weighted by molar-refractivity contribution is -0.130. The molecule has 6 heteroatoms. The summed E-state index contributed by atoms with van der Waals surface area (Å²) >= 11 is 0. The molecule has 0 aromatic heterocycles. The number of benzene rings is 2. The van der Waals surface area contributed by atoms with Crippen molar-refractivity contribution in [1.82, 2.24) is 10.8 Å². The summed E-state index contributed by atoms with van der Waals surface area (Å²) in [6.45, 7) is 2.05. The van der Waals surface area contributed by atoms with Crippen molar-refractivity contribution in [3.63, 3.8) is 0 Å². The molecule has 0 saturated heterocycles. The lowest BCUT2D eigenvalue weighted by atomic mass is 10.0. The van der Waals surface area contributed by atoms with E-state index in [-0.39, 0.29) is 19.9 Å². The van der Waals surface area contributed by atoms with Gasteiger partial charge in [-0.2, -0.15) is 0 Å². The van der Waals surface area contributed by atoms with Crippen LogP contribution in [-0.4, -0.2) is 29.6 Å². The molecule has 2 amide bonds. The summed E-state index contributed by atoms with van der Waals surface area (Å²) in [5, 5.41) is 11.0. The average Bonchev–Trinajstić information content (AvgIpc) is 2.65. The SMILES string of the molecule is C.CCc1ccc(-c2ccc(C(=O)NC[C@@H](N)C(=O)NO)cc2)cc1. The Bertz CT molecular complexity index is 697. The number of carbonyl (C=O) groups excluding carboxylic acids is 2. The molecule has 2 aromatic carbocycles. The third kappa shape index (κ3) is 5.41. The number of hydrogen-bond acceptors (Lipinski definition) is 4. The summed E-state index contributed by atoms with van der Waals surface area (Å²) in [6.07, 6.45) is 0.996. The van der Waals surface area contributed by atoms with Crippen molar-refractivity contribution in [2.24, 2.45) is 5.73 Å². The number of carbonyl (C=O) groups is 2. The molecular formula is C19H25N3O3. The van der Waals surface area contributed by atoms with E-state index in [0.717, 1.165) is 17.5 Å². The summed E-state index contributed by atoms with van der Waals surface area (Å²) in [5.41, 5.74) is 10.8. The summed E-state index contributed by atoms with van der Waals surface area (Å²) < 4.78 is 0. The maximum atomic E-state index is 12.0. The summed E-state index contributed by atoms with van der Waals surface area (Å²) in [7, 11) is 0. The van der Waals surface area contributed by atoms with Crippen LogP contribution >= 0.6 is 0 Å². The molecule has 0 fully saturated rings. The molecular weight excluding hydrogens is 318 g/mol. The number of amides is 2. The van der Waals surface area contributed by atoms with Crippen LogP contribution < -0.4 is 16.5 Å². The number of aryl methyl sites for hydroxylation is 1. The fourth-order valence-electron chi connectivity index (χ4n) is 2.23. The van der Waals surface area contributed by atoms with Crippen LogP contribution in [0.4, 0.5) is 0 Å². The van der Waals surface area contributed by atoms with Gasteiger partial charge in [-0.3, -0.25) is 14.8 Å². The van der Waals surface area contributed by atoms with Crippen molar-refractivity contribution in [1.29, 1.82) is 0 Å². The predicted octanol–water partition coefficient (Wildman–Crippen LogP) is 2.11. The molecule has 1 atom stereocenters. The average molecular weight is 343 g/mol. The van der Waals surface area contributed by atoms with Gasteiger partial charge in [-0.15, -0.1) is 0 Å². The Labute approximate surface area is 148 Å². The van der Waals surface area contributed by atoms with E-state index < -0.39 is 11.9 Å². The van der Waals surface area contributed by atoms with Crippen LogP contribution in [0.25, 0.3) is 11.1 Å². The first-order chi connectivity index (χ1) is 11.5. The lowest BCUT2D eigenvalue weighted by Crippen LogP contribution is -2.47. The topological polar surface area (TPSA) is 104 Å². The summed E-state index contributed by atoms with van der Waals surface area (Å²) in [6, 6.07) is 14.5. The minimum atomic E-state index is -1.00. The van der Waals surface area contributed by atoms with E-state index in [1.807, 2.05) is 12.1 Å². The van der Waals surface area contributed by atoms with Gasteiger partial charge in [0.2, 0.25) is 0 Å². The highest BCUT2D eigenvalue weighted by Gasteiger charge is 2.14. The Morgan fingerprint density at radius 2 is 1.56 bits per heavy atom. The van der Waals surface area contributed by atoms with E-state index in [4.69, 9.17) is 10.9 Å². The zero-order chi connectivity index (χ0) is 17.5. The second-order valence-electron chi connectivity index (χ2n) is 5.42. The van der Waals surface area contributed by atoms with Crippen molar-refractivity contribution in [2.45, 2.75) is 26.8 Å². The number of nitrogens with two attached hydrogens (primary N) is 1. The highest BCUT2D eigenvalue weighted by molar-refractivity contribution is 5.95. The van der Waals surface area contributed by atoms with Crippen LogP contribution in [0.1, 0.15) is 30.3 Å². The Morgan fingerprint density at radius 1 is 1.04 bits per heavy atom. The molecule has 0 aliphatic heterocycles. The van der Waals surface area contributed by atoms with Gasteiger partial charge in [0.1, 0.15) is 6.04 Å². The Hall–Kier alpha value is -2.70. The number of nitrogens with one attached hydrogen (secondary N) is 2. The van der Waals surface area contributed by atoms with Crippen molar-refractivity contribution in [3.05, 3.63) is 59.7 Å². The van der Waals surface area contributed by atoms with Crippen LogP contribution in [0.3, 0.4) is 0 Å². The molecule has 0 radical (unpaired) electrons. The first-order valence-electron chi connectivity index (χ1n) is 7.72. The Morgan fingerprint density at radius 3 is 2.04 bits per heavy atom. The minimum Gasteiger partial charge on any atom is -0.350 e. The van der Waals surface area contributed by atoms with Gasteiger partial charge in [0.15, 0.2) is 0 Å². The molecule has 0 heterocycles. The molecule has 2 aromatic rings. The van der Waals surface area contributed by atoms with Gasteiger partial charge in [-0.1, -0.05) is 50.7 Å². The van der Waals surface area contributed by atoms with Gasteiger partial charge in [0, 0.05) is 12.1 Å². The second-order valence-corrected chi connectivity index (χ2v) is 5.42. The van der Waals surface area contributed by atoms with E-state index in [1.165, 1.54) is 11.0 Å². The Kier molecular flexibility index (Phi) is 7.78.